The summed E-state index contributed by atoms with van der Waals surface area (Å²) in [5, 5.41) is 15.8. The van der Waals surface area contributed by atoms with Gasteiger partial charge in [-0.15, -0.1) is 0 Å². The van der Waals surface area contributed by atoms with E-state index in [0.717, 1.165) is 5.56 Å². The molecule has 0 aliphatic rings. The number of benzene rings is 1. The van der Waals surface area contributed by atoms with E-state index in [1.807, 2.05) is 31.2 Å². The van der Waals surface area contributed by atoms with E-state index < -0.39 is 11.9 Å². The fourth-order valence-electron chi connectivity index (χ4n) is 2.38. The molecule has 0 saturated heterocycles. The number of nitrogens with zero attached hydrogens (tertiary/aromatic N) is 2. The molecular weight excluding hydrogens is 294 g/mol. The molecule has 6 nitrogen and oxygen atoms in total. The predicted molar refractivity (Wildman–Crippen MR) is 86.6 cm³/mol. The first-order valence-electron chi connectivity index (χ1n) is 7.47. The summed E-state index contributed by atoms with van der Waals surface area (Å²) < 4.78 is 1.27. The van der Waals surface area contributed by atoms with Crippen molar-refractivity contribution in [1.82, 2.24) is 15.1 Å². The largest absolute Gasteiger partial charge is 0.478 e. The van der Waals surface area contributed by atoms with E-state index in [1.54, 1.807) is 7.05 Å². The normalized spacial score (nSPS) is 12.2. The van der Waals surface area contributed by atoms with Crippen LogP contribution in [0.2, 0.25) is 0 Å². The highest BCUT2D eigenvalue weighted by Crippen LogP contribution is 2.19. The van der Waals surface area contributed by atoms with Crippen molar-refractivity contribution in [3.8, 4) is 0 Å². The van der Waals surface area contributed by atoms with Gasteiger partial charge in [0.25, 0.3) is 5.91 Å². The van der Waals surface area contributed by atoms with E-state index in [0.29, 0.717) is 5.92 Å². The Bertz CT molecular complexity index is 717. The SMILES string of the molecule is CC(C)c1ccc([C@H](C)NC(=O)c2c(C(=O)O)cnn2C)cc1. The maximum atomic E-state index is 12.4. The lowest BCUT2D eigenvalue weighted by atomic mass is 9.99. The fraction of sp³-hybridized carbons (Fsp3) is 0.353. The predicted octanol–water partition coefficient (Wildman–Crippen LogP) is 2.73. The minimum Gasteiger partial charge on any atom is -0.478 e. The molecule has 0 spiro atoms. The highest BCUT2D eigenvalue weighted by atomic mass is 16.4. The molecule has 1 amide bonds. The van der Waals surface area contributed by atoms with Crippen molar-refractivity contribution in [1.29, 1.82) is 0 Å². The number of aromatic carboxylic acids is 1. The summed E-state index contributed by atoms with van der Waals surface area (Å²) in [5.74, 6) is -1.18. The number of carbonyl (C=O) groups is 2. The Kier molecular flexibility index (Phi) is 4.83. The van der Waals surface area contributed by atoms with Crippen molar-refractivity contribution in [3.63, 3.8) is 0 Å². The Hall–Kier alpha value is -2.63. The van der Waals surface area contributed by atoms with Crippen molar-refractivity contribution < 1.29 is 14.7 Å². The quantitative estimate of drug-likeness (QED) is 0.888. The van der Waals surface area contributed by atoms with E-state index in [4.69, 9.17) is 5.11 Å². The van der Waals surface area contributed by atoms with Crippen LogP contribution in [0, 0.1) is 0 Å². The Morgan fingerprint density at radius 3 is 2.22 bits per heavy atom. The van der Waals surface area contributed by atoms with Gasteiger partial charge in [0.15, 0.2) is 0 Å². The number of aryl methyl sites for hydroxylation is 1. The lowest BCUT2D eigenvalue weighted by molar-refractivity contribution is 0.0690. The highest BCUT2D eigenvalue weighted by molar-refractivity contribution is 6.03. The van der Waals surface area contributed by atoms with Crippen LogP contribution in [0.1, 0.15) is 64.7 Å². The van der Waals surface area contributed by atoms with Gasteiger partial charge in [0, 0.05) is 7.05 Å². The molecule has 0 aliphatic heterocycles. The number of rotatable bonds is 5. The molecule has 0 radical (unpaired) electrons. The van der Waals surface area contributed by atoms with E-state index in [1.165, 1.54) is 16.4 Å². The Balaban J connectivity index is 2.17. The molecule has 1 heterocycles. The first-order valence-corrected chi connectivity index (χ1v) is 7.47. The number of carbonyl (C=O) groups excluding carboxylic acids is 1. The summed E-state index contributed by atoms with van der Waals surface area (Å²) in [7, 11) is 1.55. The molecule has 1 aromatic heterocycles. The molecule has 2 N–H and O–H groups in total. The monoisotopic (exact) mass is 315 g/mol. The zero-order valence-electron chi connectivity index (χ0n) is 13.7. The van der Waals surface area contributed by atoms with Crippen molar-refractivity contribution in [2.75, 3.05) is 0 Å². The summed E-state index contributed by atoms with van der Waals surface area (Å²) in [6.07, 6.45) is 1.18. The topological polar surface area (TPSA) is 84.2 Å². The fourth-order valence-corrected chi connectivity index (χ4v) is 2.38. The van der Waals surface area contributed by atoms with Crippen LogP contribution in [0.3, 0.4) is 0 Å². The molecule has 0 fully saturated rings. The first kappa shape index (κ1) is 16.7. The van der Waals surface area contributed by atoms with Crippen LogP contribution in [-0.2, 0) is 7.05 Å². The summed E-state index contributed by atoms with van der Waals surface area (Å²) in [4.78, 5) is 23.5. The lowest BCUT2D eigenvalue weighted by Gasteiger charge is -2.16. The van der Waals surface area contributed by atoms with Crippen molar-refractivity contribution >= 4 is 11.9 Å². The Morgan fingerprint density at radius 2 is 1.70 bits per heavy atom. The van der Waals surface area contributed by atoms with Gasteiger partial charge in [-0.25, -0.2) is 4.79 Å². The summed E-state index contributed by atoms with van der Waals surface area (Å²) in [5.41, 5.74) is 2.13. The van der Waals surface area contributed by atoms with Gasteiger partial charge in [-0.3, -0.25) is 9.48 Å². The van der Waals surface area contributed by atoms with Gasteiger partial charge in [0.2, 0.25) is 0 Å². The van der Waals surface area contributed by atoms with Crippen LogP contribution in [0.4, 0.5) is 0 Å². The van der Waals surface area contributed by atoms with E-state index >= 15 is 0 Å². The van der Waals surface area contributed by atoms with Crippen LogP contribution in [0.25, 0.3) is 0 Å². The molecule has 0 aliphatic carbocycles. The third-order valence-electron chi connectivity index (χ3n) is 3.83. The van der Waals surface area contributed by atoms with E-state index in [9.17, 15) is 9.59 Å². The third-order valence-corrected chi connectivity index (χ3v) is 3.83. The minimum atomic E-state index is -1.17. The Morgan fingerprint density at radius 1 is 1.13 bits per heavy atom. The standard InChI is InChI=1S/C17H21N3O3/c1-10(2)12-5-7-13(8-6-12)11(3)19-16(21)15-14(17(22)23)9-18-20(15)4/h5-11H,1-4H3,(H,19,21)(H,22,23)/t11-/m0/s1. The van der Waals surface area contributed by atoms with E-state index in [-0.39, 0.29) is 17.3 Å². The van der Waals surface area contributed by atoms with Gasteiger partial charge in [0.1, 0.15) is 11.3 Å². The molecule has 122 valence electrons. The number of aromatic nitrogens is 2. The van der Waals surface area contributed by atoms with Gasteiger partial charge in [-0.05, 0) is 24.0 Å². The van der Waals surface area contributed by atoms with Crippen molar-refractivity contribution in [2.45, 2.75) is 32.7 Å². The van der Waals surface area contributed by atoms with Gasteiger partial charge in [0.05, 0.1) is 12.2 Å². The second-order valence-electron chi connectivity index (χ2n) is 5.85. The maximum absolute atomic E-state index is 12.4. The van der Waals surface area contributed by atoms with Crippen molar-refractivity contribution in [3.05, 3.63) is 52.8 Å². The summed E-state index contributed by atoms with van der Waals surface area (Å²) in [6.45, 7) is 6.10. The molecule has 1 atom stereocenters. The van der Waals surface area contributed by atoms with Gasteiger partial charge in [-0.2, -0.15) is 5.10 Å². The van der Waals surface area contributed by atoms with Crippen LogP contribution in [-0.4, -0.2) is 26.8 Å². The average molecular weight is 315 g/mol. The molecule has 23 heavy (non-hydrogen) atoms. The second kappa shape index (κ2) is 6.64. The second-order valence-corrected chi connectivity index (χ2v) is 5.85. The lowest BCUT2D eigenvalue weighted by Crippen LogP contribution is -2.29. The average Bonchev–Trinajstić information content (AvgIpc) is 2.89. The van der Waals surface area contributed by atoms with Crippen LogP contribution >= 0.6 is 0 Å². The van der Waals surface area contributed by atoms with Gasteiger partial charge < -0.3 is 10.4 Å². The summed E-state index contributed by atoms with van der Waals surface area (Å²) in [6, 6.07) is 7.79. The highest BCUT2D eigenvalue weighted by Gasteiger charge is 2.23. The molecule has 1 aromatic carbocycles. The maximum Gasteiger partial charge on any atom is 0.339 e. The number of hydrogen-bond donors (Lipinski definition) is 2. The van der Waals surface area contributed by atoms with E-state index in [2.05, 4.69) is 24.3 Å². The van der Waals surface area contributed by atoms with Crippen molar-refractivity contribution in [2.24, 2.45) is 7.05 Å². The first-order chi connectivity index (χ1) is 10.8. The minimum absolute atomic E-state index is 0.0446. The molecule has 2 rings (SSSR count). The third kappa shape index (κ3) is 3.59. The summed E-state index contributed by atoms with van der Waals surface area (Å²) >= 11 is 0. The zero-order valence-corrected chi connectivity index (χ0v) is 13.7. The van der Waals surface area contributed by atoms with Gasteiger partial charge in [-0.1, -0.05) is 38.1 Å². The zero-order chi connectivity index (χ0) is 17.1. The van der Waals surface area contributed by atoms with Crippen LogP contribution in [0.15, 0.2) is 30.5 Å². The molecule has 0 bridgehead atoms. The number of carboxylic acid groups (broad SMARTS) is 1. The smallest absolute Gasteiger partial charge is 0.339 e. The molecule has 2 aromatic rings. The molecule has 6 heteroatoms. The number of nitrogens with one attached hydrogen (secondary N) is 1. The van der Waals surface area contributed by atoms with Gasteiger partial charge >= 0.3 is 5.97 Å². The van der Waals surface area contributed by atoms with Crippen LogP contribution < -0.4 is 5.32 Å². The van der Waals surface area contributed by atoms with Crippen LogP contribution in [0.5, 0.6) is 0 Å². The number of amides is 1. The molecule has 0 unspecified atom stereocenters. The molecule has 0 saturated carbocycles. The number of hydrogen-bond acceptors (Lipinski definition) is 3. The Labute approximate surface area is 135 Å². The number of carboxylic acids is 1. The molecular formula is C17H21N3O3.